The second-order valence-electron chi connectivity index (χ2n) is 3.98. The van der Waals surface area contributed by atoms with E-state index in [1.807, 2.05) is 6.07 Å². The molecule has 0 fully saturated rings. The largest absolute Gasteiger partial charge is 0.325 e. The molecule has 0 aliphatic carbocycles. The van der Waals surface area contributed by atoms with Crippen molar-refractivity contribution in [3.05, 3.63) is 27.7 Å². The molecule has 1 N–H and O–H groups in total. The van der Waals surface area contributed by atoms with E-state index in [4.69, 9.17) is 11.6 Å². The van der Waals surface area contributed by atoms with Gasteiger partial charge in [0.25, 0.3) is 0 Å². The zero-order valence-corrected chi connectivity index (χ0v) is 12.3. The predicted octanol–water partition coefficient (Wildman–Crippen LogP) is 5.01. The number of halogens is 2. The number of carbonyl (C=O) groups excluding carboxylic acids is 1. The quantitative estimate of drug-likeness (QED) is 0.734. The van der Waals surface area contributed by atoms with E-state index < -0.39 is 0 Å². The summed E-state index contributed by atoms with van der Waals surface area (Å²) < 4.78 is 0.851. The Labute approximate surface area is 116 Å². The maximum absolute atomic E-state index is 11.7. The Bertz CT molecular complexity index is 382. The van der Waals surface area contributed by atoms with Crippen LogP contribution in [0.1, 0.15) is 39.0 Å². The van der Waals surface area contributed by atoms with Gasteiger partial charge in [0.15, 0.2) is 0 Å². The van der Waals surface area contributed by atoms with Crippen LogP contribution in [0.2, 0.25) is 5.02 Å². The monoisotopic (exact) mass is 317 g/mol. The molecule has 17 heavy (non-hydrogen) atoms. The summed E-state index contributed by atoms with van der Waals surface area (Å²) in [5.74, 6) is 0.0454. The molecule has 0 aliphatic rings. The molecule has 1 rings (SSSR count). The lowest BCUT2D eigenvalue weighted by Crippen LogP contribution is -2.11. The third-order valence-corrected chi connectivity index (χ3v) is 3.39. The minimum Gasteiger partial charge on any atom is -0.325 e. The van der Waals surface area contributed by atoms with Crippen molar-refractivity contribution in [1.82, 2.24) is 0 Å². The van der Waals surface area contributed by atoms with Gasteiger partial charge in [0.05, 0.1) is 5.69 Å². The van der Waals surface area contributed by atoms with Gasteiger partial charge in [-0.1, -0.05) is 37.8 Å². The highest BCUT2D eigenvalue weighted by Gasteiger charge is 2.05. The Morgan fingerprint density at radius 1 is 1.35 bits per heavy atom. The summed E-state index contributed by atoms with van der Waals surface area (Å²) in [5, 5.41) is 3.48. The number of hydrogen-bond acceptors (Lipinski definition) is 1. The highest BCUT2D eigenvalue weighted by atomic mass is 79.9. The van der Waals surface area contributed by atoms with Crippen molar-refractivity contribution >= 4 is 39.1 Å². The zero-order valence-electron chi connectivity index (χ0n) is 9.93. The molecule has 1 aromatic rings. The van der Waals surface area contributed by atoms with Gasteiger partial charge in [0.2, 0.25) is 5.91 Å². The number of rotatable bonds is 6. The number of hydrogen-bond donors (Lipinski definition) is 1. The van der Waals surface area contributed by atoms with E-state index in [9.17, 15) is 4.79 Å². The van der Waals surface area contributed by atoms with Crippen molar-refractivity contribution in [2.45, 2.75) is 39.0 Å². The maximum Gasteiger partial charge on any atom is 0.224 e. The number of benzene rings is 1. The molecule has 0 heterocycles. The van der Waals surface area contributed by atoms with Crippen LogP contribution in [0.4, 0.5) is 5.69 Å². The third kappa shape index (κ3) is 5.55. The zero-order chi connectivity index (χ0) is 12.7. The van der Waals surface area contributed by atoms with Crippen LogP contribution < -0.4 is 5.32 Å². The number of anilines is 1. The first-order valence-corrected chi connectivity index (χ1v) is 7.05. The highest BCUT2D eigenvalue weighted by Crippen LogP contribution is 2.26. The van der Waals surface area contributed by atoms with Crippen molar-refractivity contribution in [3.8, 4) is 0 Å². The first-order valence-electron chi connectivity index (χ1n) is 5.88. The van der Waals surface area contributed by atoms with Gasteiger partial charge in [-0.05, 0) is 40.5 Å². The lowest BCUT2D eigenvalue weighted by atomic mass is 10.1. The topological polar surface area (TPSA) is 29.1 Å². The number of carbonyl (C=O) groups is 1. The minimum absolute atomic E-state index is 0.0454. The molecule has 0 atom stereocenters. The molecule has 0 spiro atoms. The van der Waals surface area contributed by atoms with Gasteiger partial charge >= 0.3 is 0 Å². The molecule has 1 aromatic carbocycles. The molecule has 94 valence electrons. The molecule has 0 aromatic heterocycles. The fourth-order valence-electron chi connectivity index (χ4n) is 1.52. The average Bonchev–Trinajstić information content (AvgIpc) is 2.29. The van der Waals surface area contributed by atoms with Gasteiger partial charge in [0.1, 0.15) is 0 Å². The summed E-state index contributed by atoms with van der Waals surface area (Å²) in [7, 11) is 0. The molecule has 4 heteroatoms. The standard InChI is InChI=1S/C13H17BrClNO/c1-2-3-4-5-6-13(17)16-12-9-10(15)7-8-11(12)14/h7-9H,2-6H2,1H3,(H,16,17). The van der Waals surface area contributed by atoms with Gasteiger partial charge in [-0.3, -0.25) is 4.79 Å². The normalized spacial score (nSPS) is 10.3. The summed E-state index contributed by atoms with van der Waals surface area (Å²) in [6.45, 7) is 2.16. The van der Waals surface area contributed by atoms with E-state index in [1.54, 1.807) is 12.1 Å². The van der Waals surface area contributed by atoms with Crippen molar-refractivity contribution < 1.29 is 4.79 Å². The predicted molar refractivity (Wildman–Crippen MR) is 76.5 cm³/mol. The summed E-state index contributed by atoms with van der Waals surface area (Å²) in [4.78, 5) is 11.7. The summed E-state index contributed by atoms with van der Waals surface area (Å²) in [5.41, 5.74) is 0.734. The van der Waals surface area contributed by atoms with Crippen LogP contribution in [0, 0.1) is 0 Å². The molecule has 2 nitrogen and oxygen atoms in total. The fraction of sp³-hybridized carbons (Fsp3) is 0.462. The van der Waals surface area contributed by atoms with Gasteiger partial charge in [-0.15, -0.1) is 0 Å². The van der Waals surface area contributed by atoms with Crippen molar-refractivity contribution in [2.24, 2.45) is 0 Å². The molecule has 0 bridgehead atoms. The van der Waals surface area contributed by atoms with Crippen LogP contribution >= 0.6 is 27.5 Å². The fourth-order valence-corrected chi connectivity index (χ4v) is 2.04. The lowest BCUT2D eigenvalue weighted by molar-refractivity contribution is -0.116. The van der Waals surface area contributed by atoms with Crippen LogP contribution in [0.3, 0.4) is 0 Å². The van der Waals surface area contributed by atoms with Crippen LogP contribution in [0.5, 0.6) is 0 Å². The molecule has 0 aliphatic heterocycles. The van der Waals surface area contributed by atoms with Crippen molar-refractivity contribution in [2.75, 3.05) is 5.32 Å². The maximum atomic E-state index is 11.7. The van der Waals surface area contributed by atoms with Crippen LogP contribution in [0.15, 0.2) is 22.7 Å². The first kappa shape index (κ1) is 14.5. The SMILES string of the molecule is CCCCCCC(=O)Nc1cc(Cl)ccc1Br. The molecular weight excluding hydrogens is 302 g/mol. The molecule has 0 saturated heterocycles. The second kappa shape index (κ2) is 7.72. The summed E-state index contributed by atoms with van der Waals surface area (Å²) in [6, 6.07) is 5.35. The molecule has 1 amide bonds. The van der Waals surface area contributed by atoms with E-state index in [1.165, 1.54) is 12.8 Å². The van der Waals surface area contributed by atoms with E-state index in [0.29, 0.717) is 11.4 Å². The van der Waals surface area contributed by atoms with Crippen molar-refractivity contribution in [3.63, 3.8) is 0 Å². The molecule has 0 saturated carbocycles. The van der Waals surface area contributed by atoms with E-state index in [0.717, 1.165) is 23.0 Å². The van der Waals surface area contributed by atoms with Crippen LogP contribution in [-0.4, -0.2) is 5.91 Å². The first-order chi connectivity index (χ1) is 8.13. The third-order valence-electron chi connectivity index (χ3n) is 2.46. The number of unbranched alkanes of at least 4 members (excludes halogenated alkanes) is 3. The summed E-state index contributed by atoms with van der Waals surface area (Å²) in [6.07, 6.45) is 4.99. The minimum atomic E-state index is 0.0454. The van der Waals surface area contributed by atoms with Crippen LogP contribution in [-0.2, 0) is 4.79 Å². The molecule has 0 radical (unpaired) electrons. The van der Waals surface area contributed by atoms with Gasteiger partial charge in [-0.25, -0.2) is 0 Å². The Morgan fingerprint density at radius 2 is 2.12 bits per heavy atom. The Kier molecular flexibility index (Phi) is 6.60. The number of amides is 1. The lowest BCUT2D eigenvalue weighted by Gasteiger charge is -2.07. The van der Waals surface area contributed by atoms with E-state index in [2.05, 4.69) is 28.2 Å². The average molecular weight is 319 g/mol. The highest BCUT2D eigenvalue weighted by molar-refractivity contribution is 9.10. The smallest absolute Gasteiger partial charge is 0.224 e. The van der Waals surface area contributed by atoms with Gasteiger partial charge in [0, 0.05) is 15.9 Å². The van der Waals surface area contributed by atoms with Crippen LogP contribution in [0.25, 0.3) is 0 Å². The Morgan fingerprint density at radius 3 is 2.82 bits per heavy atom. The second-order valence-corrected chi connectivity index (χ2v) is 5.27. The van der Waals surface area contributed by atoms with Gasteiger partial charge in [-0.2, -0.15) is 0 Å². The van der Waals surface area contributed by atoms with E-state index >= 15 is 0 Å². The number of nitrogens with one attached hydrogen (secondary N) is 1. The van der Waals surface area contributed by atoms with Crippen molar-refractivity contribution in [1.29, 1.82) is 0 Å². The molecular formula is C13H17BrClNO. The molecule has 0 unspecified atom stereocenters. The van der Waals surface area contributed by atoms with Gasteiger partial charge < -0.3 is 5.32 Å². The van der Waals surface area contributed by atoms with E-state index in [-0.39, 0.29) is 5.91 Å². The summed E-state index contributed by atoms with van der Waals surface area (Å²) >= 11 is 9.25. The Hall–Kier alpha value is -0.540. The Balaban J connectivity index is 2.42.